The van der Waals surface area contributed by atoms with Crippen molar-refractivity contribution in [3.63, 3.8) is 0 Å². The number of ether oxygens (including phenoxy) is 4. The molecule has 2 aromatic heterocycles. The second kappa shape index (κ2) is 16.0. The topological polar surface area (TPSA) is 63.2 Å². The molecule has 322 valence electrons. The van der Waals surface area contributed by atoms with Crippen molar-refractivity contribution in [1.82, 2.24) is 0 Å². The molecular formula is C54H48Cl2O6SiZr. The summed E-state index contributed by atoms with van der Waals surface area (Å²) in [4.78, 5) is 0. The molecule has 0 bridgehead atoms. The standard InChI is InChI=1S/2C26H21O3.C2H6Si.2ClH.Zr/c2*1-16-8-9-17-10-20(26-23-7-5-4-6-18(23)15-29-26)13-24(17)25(16)19-11-21(27-2)14-22(12-19)28-3;1-3-2;;;/h2*4-15H,1-3H3;1-2H3;2*1H;/q;;;;;+2/p-2. The summed E-state index contributed by atoms with van der Waals surface area (Å²) in [6.07, 6.45) is 8.33. The van der Waals surface area contributed by atoms with Crippen molar-refractivity contribution >= 4 is 67.3 Å². The van der Waals surface area contributed by atoms with E-state index in [9.17, 15) is 0 Å². The summed E-state index contributed by atoms with van der Waals surface area (Å²) in [5, 5.41) is 4.07. The second-order valence-electron chi connectivity index (χ2n) is 17.2. The zero-order valence-electron chi connectivity index (χ0n) is 37.1. The molecule has 0 saturated carbocycles. The fourth-order valence-corrected chi connectivity index (χ4v) is 38.1. The van der Waals surface area contributed by atoms with E-state index in [1.165, 1.54) is 0 Å². The number of benzene rings is 6. The SMILES string of the molecule is COc1cc(OC)cc(-c2c(C)ccc3c2C=C(c2occ4ccccc24)[CH]3[Zr]([Cl])([Cl])([CH]2C(c3occ4ccccc34)=Cc3c2ccc(C)c3-c2cc(OC)cc(OC)c2)=[Si](C)C)c1. The third kappa shape index (κ3) is 6.50. The van der Waals surface area contributed by atoms with Crippen LogP contribution in [-0.4, -0.2) is 33.9 Å². The van der Waals surface area contributed by atoms with E-state index in [-0.39, 0.29) is 7.25 Å². The molecule has 2 aliphatic carbocycles. The molecule has 64 heavy (non-hydrogen) atoms. The Morgan fingerprint density at radius 2 is 0.891 bits per heavy atom. The first-order valence-electron chi connectivity index (χ1n) is 21.4. The minimum absolute atomic E-state index is 0.382. The van der Waals surface area contributed by atoms with Crippen LogP contribution in [0.1, 0.15) is 52.2 Å². The zero-order valence-corrected chi connectivity index (χ0v) is 42.0. The van der Waals surface area contributed by atoms with Gasteiger partial charge in [-0.25, -0.2) is 0 Å². The van der Waals surface area contributed by atoms with Gasteiger partial charge in [-0.1, -0.05) is 0 Å². The molecule has 0 spiro atoms. The van der Waals surface area contributed by atoms with Crippen molar-refractivity contribution in [3.8, 4) is 45.3 Å². The monoisotopic (exact) mass is 980 g/mol. The van der Waals surface area contributed by atoms with E-state index in [4.69, 9.17) is 44.8 Å². The van der Waals surface area contributed by atoms with Gasteiger partial charge in [-0.2, -0.15) is 0 Å². The van der Waals surface area contributed by atoms with Gasteiger partial charge in [0, 0.05) is 0 Å². The summed E-state index contributed by atoms with van der Waals surface area (Å²) in [5.41, 5.74) is 11.1. The van der Waals surface area contributed by atoms with Gasteiger partial charge in [-0.15, -0.1) is 0 Å². The first-order valence-corrected chi connectivity index (χ1v) is 36.7. The summed E-state index contributed by atoms with van der Waals surface area (Å²) < 4.78 is 35.9. The van der Waals surface area contributed by atoms with Gasteiger partial charge < -0.3 is 0 Å². The summed E-state index contributed by atoms with van der Waals surface area (Å²) in [5.74, 6) is 4.39. The fourth-order valence-electron chi connectivity index (χ4n) is 10.5. The Hall–Kier alpha value is -5.24. The van der Waals surface area contributed by atoms with E-state index >= 15 is 0 Å². The third-order valence-electron chi connectivity index (χ3n) is 13.7. The summed E-state index contributed by atoms with van der Waals surface area (Å²) in [6, 6.07) is 37.7. The molecule has 8 aromatic rings. The molecule has 0 radical (unpaired) electrons. The quantitative estimate of drug-likeness (QED) is 0.127. The van der Waals surface area contributed by atoms with Crippen LogP contribution in [0, 0.1) is 13.8 Å². The third-order valence-corrected chi connectivity index (χ3v) is 59.9. The number of allylic oxidation sites excluding steroid dienone is 2. The Morgan fingerprint density at radius 3 is 1.25 bits per heavy atom. The van der Waals surface area contributed by atoms with Crippen molar-refractivity contribution in [3.05, 3.63) is 167 Å². The van der Waals surface area contributed by atoms with Gasteiger partial charge in [-0.05, 0) is 0 Å². The summed E-state index contributed by atoms with van der Waals surface area (Å²) in [6.45, 7) is 8.96. The normalized spacial score (nSPS) is 15.8. The number of halogens is 2. The van der Waals surface area contributed by atoms with Crippen LogP contribution in [-0.2, 0) is 15.0 Å². The number of rotatable bonds is 10. The minimum atomic E-state index is -5.69. The maximum absolute atomic E-state index is 9.17. The van der Waals surface area contributed by atoms with E-state index in [0.717, 1.165) is 99.8 Å². The predicted octanol–water partition coefficient (Wildman–Crippen LogP) is 15.3. The molecule has 6 aromatic carbocycles. The summed E-state index contributed by atoms with van der Waals surface area (Å²) >= 11 is -5.69. The van der Waals surface area contributed by atoms with Crippen LogP contribution < -0.4 is 18.9 Å². The number of fused-ring (bicyclic) bond motifs is 4. The molecule has 2 unspecified atom stereocenters. The number of hydrogen-bond acceptors (Lipinski definition) is 6. The van der Waals surface area contributed by atoms with Crippen LogP contribution in [0.5, 0.6) is 23.0 Å². The predicted molar refractivity (Wildman–Crippen MR) is 262 cm³/mol. The van der Waals surface area contributed by atoms with Crippen LogP contribution in [0.2, 0.25) is 13.1 Å². The molecule has 0 aliphatic heterocycles. The Kier molecular flexibility index (Phi) is 10.7. The van der Waals surface area contributed by atoms with Crippen LogP contribution in [0.3, 0.4) is 0 Å². The molecule has 2 heterocycles. The van der Waals surface area contributed by atoms with Crippen molar-refractivity contribution in [1.29, 1.82) is 0 Å². The van der Waals surface area contributed by atoms with Crippen LogP contribution >= 0.6 is 17.0 Å². The number of hydrogen-bond donors (Lipinski definition) is 0. The number of methoxy groups -OCH3 is 4. The van der Waals surface area contributed by atoms with E-state index in [1.807, 2.05) is 36.8 Å². The first kappa shape index (κ1) is 42.7. The summed E-state index contributed by atoms with van der Waals surface area (Å²) in [7, 11) is 25.1. The molecule has 10 heteroatoms. The Morgan fingerprint density at radius 1 is 0.516 bits per heavy atom. The molecule has 10 rings (SSSR count). The fraction of sp³-hybridized carbons (Fsp3) is 0.185. The van der Waals surface area contributed by atoms with Crippen LogP contribution in [0.4, 0.5) is 0 Å². The van der Waals surface area contributed by atoms with E-state index < -0.39 is 20.4 Å². The molecule has 0 N–H and O–H groups in total. The Balaban J connectivity index is 1.31. The average molecular weight is 983 g/mol. The Labute approximate surface area is 381 Å². The van der Waals surface area contributed by atoms with Crippen molar-refractivity contribution in [2.45, 2.75) is 34.2 Å². The van der Waals surface area contributed by atoms with Crippen LogP contribution in [0.25, 0.3) is 67.1 Å². The molecular weight excluding hydrogens is 935 g/mol. The molecule has 2 atom stereocenters. The van der Waals surface area contributed by atoms with Gasteiger partial charge in [0.25, 0.3) is 0 Å². The van der Waals surface area contributed by atoms with Crippen molar-refractivity contribution < 1.29 is 42.8 Å². The zero-order chi connectivity index (χ0) is 44.7. The molecule has 2 aliphatic rings. The van der Waals surface area contributed by atoms with Crippen molar-refractivity contribution in [2.24, 2.45) is 0 Å². The van der Waals surface area contributed by atoms with E-state index in [1.54, 1.807) is 28.4 Å². The van der Waals surface area contributed by atoms with Gasteiger partial charge in [0.1, 0.15) is 0 Å². The number of furan rings is 2. The molecule has 6 nitrogen and oxygen atoms in total. The van der Waals surface area contributed by atoms with Gasteiger partial charge in [0.05, 0.1) is 0 Å². The maximum atomic E-state index is 9.17. The molecule has 0 amide bonds. The van der Waals surface area contributed by atoms with Gasteiger partial charge in [-0.3, -0.25) is 0 Å². The average Bonchev–Trinajstić information content (AvgIpc) is 4.11. The van der Waals surface area contributed by atoms with Gasteiger partial charge >= 0.3 is 385 Å². The number of aryl methyl sites for hydroxylation is 2. The van der Waals surface area contributed by atoms with E-state index in [0.29, 0.717) is 23.0 Å². The van der Waals surface area contributed by atoms with Gasteiger partial charge in [0.15, 0.2) is 0 Å². The van der Waals surface area contributed by atoms with Crippen LogP contribution in [0.15, 0.2) is 131 Å². The first-order chi connectivity index (χ1) is 30.9. The van der Waals surface area contributed by atoms with Crippen molar-refractivity contribution in [2.75, 3.05) is 28.4 Å². The van der Waals surface area contributed by atoms with E-state index in [2.05, 4.69) is 124 Å². The molecule has 0 fully saturated rings. The Bertz CT molecular complexity index is 3110. The second-order valence-corrected chi connectivity index (χ2v) is 56.0. The van der Waals surface area contributed by atoms with Gasteiger partial charge in [0.2, 0.25) is 0 Å². The molecule has 0 saturated heterocycles.